The Morgan fingerprint density at radius 2 is 1.46 bits per heavy atom. The minimum atomic E-state index is -6.17. The highest BCUT2D eigenvalue weighted by Crippen LogP contribution is 2.46. The average molecular weight is 564 g/mol. The summed E-state index contributed by atoms with van der Waals surface area (Å²) in [6, 6.07) is 14.9. The second-order valence-electron chi connectivity index (χ2n) is 8.58. The molecule has 0 saturated carbocycles. The molecule has 204 valence electrons. The van der Waals surface area contributed by atoms with E-state index in [0.29, 0.717) is 22.3 Å². The molecule has 14 heteroatoms. The zero-order chi connectivity index (χ0) is 28.7. The summed E-state index contributed by atoms with van der Waals surface area (Å²) in [5.74, 6) is -3.37. The Hall–Kier alpha value is -4.46. The quantitative estimate of drug-likeness (QED) is 0.103. The highest BCUT2D eigenvalue weighted by Gasteiger charge is 2.50. The van der Waals surface area contributed by atoms with Crippen LogP contribution in [-0.2, 0) is 23.9 Å². The van der Waals surface area contributed by atoms with Gasteiger partial charge < -0.3 is 13.8 Å². The number of para-hydroxylation sites is 2. The Labute approximate surface area is 219 Å². The summed E-state index contributed by atoms with van der Waals surface area (Å²) >= 11 is 0. The van der Waals surface area contributed by atoms with Gasteiger partial charge in [-0.25, -0.2) is 4.79 Å². The lowest BCUT2D eigenvalue weighted by Gasteiger charge is -2.36. The highest BCUT2D eigenvalue weighted by molar-refractivity contribution is 7.88. The van der Waals surface area contributed by atoms with Crippen molar-refractivity contribution in [3.8, 4) is 5.75 Å². The number of anilines is 2. The summed E-state index contributed by atoms with van der Waals surface area (Å²) in [6.45, 7) is 2.19. The molecule has 0 spiro atoms. The largest absolute Gasteiger partial charge is 0.534 e. The fourth-order valence-corrected chi connectivity index (χ4v) is 4.75. The second-order valence-corrected chi connectivity index (χ2v) is 10.1. The lowest BCUT2D eigenvalue weighted by atomic mass is 9.85. The number of nitro groups is 1. The molecule has 0 bridgehead atoms. The van der Waals surface area contributed by atoms with Gasteiger partial charge in [0, 0.05) is 23.5 Å². The molecule has 0 aliphatic carbocycles. The lowest BCUT2D eigenvalue weighted by molar-refractivity contribution is -0.385. The zero-order valence-electron chi connectivity index (χ0n) is 20.3. The lowest BCUT2D eigenvalue weighted by Crippen LogP contribution is -2.36. The molecule has 3 aromatic rings. The smallest absolute Gasteiger partial charge is 0.425 e. The normalized spacial score (nSPS) is 13.3. The number of esters is 1. The van der Waals surface area contributed by atoms with E-state index in [2.05, 4.69) is 4.18 Å². The standard InChI is InChI=1S/C25H19F3N2O8S/c1-14-11-16(30(33)34)12-15(2)23(14)37-24(32)22-17-7-3-5-9-19(17)29(20-10-6-4-8-18(20)22)13-21(31)38-39(35,36)25(26,27)28/h3-12,22H,13H2,1-2H3. The molecule has 0 radical (unpaired) electrons. The summed E-state index contributed by atoms with van der Waals surface area (Å²) in [4.78, 5) is 37.7. The summed E-state index contributed by atoms with van der Waals surface area (Å²) in [7, 11) is -6.17. The number of non-ortho nitro benzene ring substituents is 1. The number of hydrogen-bond acceptors (Lipinski definition) is 9. The van der Waals surface area contributed by atoms with Gasteiger partial charge in [-0.2, -0.15) is 21.6 Å². The number of ether oxygens (including phenoxy) is 1. The number of nitro benzene ring substituents is 1. The van der Waals surface area contributed by atoms with E-state index < -0.39 is 45.0 Å². The predicted octanol–water partition coefficient (Wildman–Crippen LogP) is 4.79. The number of halogens is 3. The van der Waals surface area contributed by atoms with Crippen LogP contribution in [0.15, 0.2) is 60.7 Å². The number of nitrogens with zero attached hydrogens (tertiary/aromatic N) is 2. The number of carbonyl (C=O) groups is 2. The molecule has 0 N–H and O–H groups in total. The van der Waals surface area contributed by atoms with Crippen molar-refractivity contribution in [1.82, 2.24) is 0 Å². The van der Waals surface area contributed by atoms with Gasteiger partial charge in [0.1, 0.15) is 18.2 Å². The first-order chi connectivity index (χ1) is 18.2. The number of rotatable bonds is 6. The van der Waals surface area contributed by atoms with E-state index in [0.717, 1.165) is 0 Å². The van der Waals surface area contributed by atoms with Gasteiger partial charge in [-0.3, -0.25) is 14.9 Å². The Morgan fingerprint density at radius 3 is 1.92 bits per heavy atom. The van der Waals surface area contributed by atoms with Gasteiger partial charge in [0.05, 0.1) is 4.92 Å². The third kappa shape index (κ3) is 5.27. The summed E-state index contributed by atoms with van der Waals surface area (Å²) in [6.07, 6.45) is 0. The monoisotopic (exact) mass is 564 g/mol. The van der Waals surface area contributed by atoms with Crippen LogP contribution in [0.2, 0.25) is 0 Å². The molecule has 10 nitrogen and oxygen atoms in total. The summed E-state index contributed by atoms with van der Waals surface area (Å²) < 4.78 is 70.3. The molecule has 1 aliphatic rings. The number of carbonyl (C=O) groups excluding carboxylic acids is 2. The zero-order valence-corrected chi connectivity index (χ0v) is 21.1. The summed E-state index contributed by atoms with van der Waals surface area (Å²) in [5, 5.41) is 11.2. The van der Waals surface area contributed by atoms with E-state index in [1.807, 2.05) is 0 Å². The van der Waals surface area contributed by atoms with Crippen molar-refractivity contribution in [2.45, 2.75) is 25.3 Å². The Bertz CT molecular complexity index is 1530. The van der Waals surface area contributed by atoms with Gasteiger partial charge in [-0.05, 0) is 48.2 Å². The van der Waals surface area contributed by atoms with Crippen molar-refractivity contribution < 1.29 is 45.0 Å². The van der Waals surface area contributed by atoms with E-state index in [9.17, 15) is 41.3 Å². The highest BCUT2D eigenvalue weighted by atomic mass is 32.2. The maximum Gasteiger partial charge on any atom is 0.534 e. The minimum absolute atomic E-state index is 0.129. The van der Waals surface area contributed by atoms with E-state index in [1.54, 1.807) is 50.2 Å². The van der Waals surface area contributed by atoms with Gasteiger partial charge in [0.25, 0.3) is 5.69 Å². The molecular formula is C25H19F3N2O8S. The second kappa shape index (κ2) is 10.0. The van der Waals surface area contributed by atoms with Gasteiger partial charge in [0.15, 0.2) is 0 Å². The van der Waals surface area contributed by atoms with Crippen LogP contribution in [0, 0.1) is 24.0 Å². The predicted molar refractivity (Wildman–Crippen MR) is 131 cm³/mol. The molecule has 0 saturated heterocycles. The van der Waals surface area contributed by atoms with Crippen molar-refractivity contribution in [2.75, 3.05) is 11.4 Å². The van der Waals surface area contributed by atoms with Crippen molar-refractivity contribution in [3.63, 3.8) is 0 Å². The number of benzene rings is 3. The van der Waals surface area contributed by atoms with Crippen molar-refractivity contribution >= 4 is 39.1 Å². The number of hydrogen-bond donors (Lipinski definition) is 0. The van der Waals surface area contributed by atoms with Crippen molar-refractivity contribution in [2.24, 2.45) is 0 Å². The Morgan fingerprint density at radius 1 is 0.974 bits per heavy atom. The minimum Gasteiger partial charge on any atom is -0.425 e. The molecule has 1 heterocycles. The van der Waals surface area contributed by atoms with Gasteiger partial charge in [0.2, 0.25) is 0 Å². The van der Waals surface area contributed by atoms with Crippen LogP contribution in [0.3, 0.4) is 0 Å². The Balaban J connectivity index is 1.72. The van der Waals surface area contributed by atoms with Crippen LogP contribution in [-0.4, -0.2) is 37.3 Å². The fraction of sp³-hybridized carbons (Fsp3) is 0.200. The molecular weight excluding hydrogens is 545 g/mol. The molecule has 0 atom stereocenters. The third-order valence-corrected chi connectivity index (χ3v) is 6.92. The van der Waals surface area contributed by atoms with E-state index in [4.69, 9.17) is 4.74 Å². The molecule has 3 aromatic carbocycles. The van der Waals surface area contributed by atoms with Crippen molar-refractivity contribution in [1.29, 1.82) is 0 Å². The van der Waals surface area contributed by atoms with Crippen LogP contribution in [0.25, 0.3) is 0 Å². The molecule has 0 unspecified atom stereocenters. The van der Waals surface area contributed by atoms with Crippen LogP contribution < -0.4 is 9.64 Å². The first-order valence-electron chi connectivity index (χ1n) is 11.2. The number of alkyl halides is 3. The average Bonchev–Trinajstić information content (AvgIpc) is 2.84. The molecule has 0 aromatic heterocycles. The first kappa shape index (κ1) is 27.6. The molecule has 1 aliphatic heterocycles. The molecule has 4 rings (SSSR count). The molecule has 0 fully saturated rings. The van der Waals surface area contributed by atoms with Gasteiger partial charge in [-0.15, -0.1) is 0 Å². The van der Waals surface area contributed by atoms with E-state index >= 15 is 0 Å². The van der Waals surface area contributed by atoms with Crippen molar-refractivity contribution in [3.05, 3.63) is 93.0 Å². The SMILES string of the molecule is Cc1cc([N+](=O)[O-])cc(C)c1OC(=O)C1c2ccccc2N(CC(=O)OS(=O)(=O)C(F)(F)F)c2ccccc21. The van der Waals surface area contributed by atoms with Crippen LogP contribution >= 0.6 is 0 Å². The van der Waals surface area contributed by atoms with E-state index in [-0.39, 0.29) is 22.8 Å². The third-order valence-electron chi connectivity index (χ3n) is 5.94. The number of aryl methyl sites for hydroxylation is 2. The van der Waals surface area contributed by atoms with E-state index in [1.165, 1.54) is 29.2 Å². The van der Waals surface area contributed by atoms with Gasteiger partial charge in [-0.1, -0.05) is 36.4 Å². The fourth-order valence-electron chi connectivity index (χ4n) is 4.35. The van der Waals surface area contributed by atoms with Gasteiger partial charge >= 0.3 is 27.6 Å². The van der Waals surface area contributed by atoms with Crippen LogP contribution in [0.5, 0.6) is 5.75 Å². The Kier molecular flexibility index (Phi) is 7.08. The molecule has 0 amide bonds. The number of fused-ring (bicyclic) bond motifs is 2. The summed E-state index contributed by atoms with van der Waals surface area (Å²) in [5.41, 5.74) is -4.15. The maximum atomic E-state index is 13.6. The van der Waals surface area contributed by atoms with Crippen LogP contribution in [0.4, 0.5) is 30.2 Å². The topological polar surface area (TPSA) is 133 Å². The molecule has 39 heavy (non-hydrogen) atoms. The first-order valence-corrected chi connectivity index (χ1v) is 12.6. The maximum absolute atomic E-state index is 13.6. The van der Waals surface area contributed by atoms with Crippen LogP contribution in [0.1, 0.15) is 28.2 Å².